The lowest BCUT2D eigenvalue weighted by molar-refractivity contribution is -0.274. The molecule has 2 N–H and O–H groups in total. The molecule has 1 rings (SSSR count). The van der Waals surface area contributed by atoms with Crippen molar-refractivity contribution in [2.24, 2.45) is 0 Å². The van der Waals surface area contributed by atoms with Crippen LogP contribution in [0.15, 0.2) is 24.3 Å². The number of urea groups is 1. The molecule has 0 spiro atoms. The van der Waals surface area contributed by atoms with Gasteiger partial charge in [0, 0.05) is 11.8 Å². The van der Waals surface area contributed by atoms with Gasteiger partial charge in [-0.05, 0) is 19.1 Å². The minimum atomic E-state index is -4.83. The first-order valence-corrected chi connectivity index (χ1v) is 5.73. The largest absolute Gasteiger partial charge is 0.573 e. The number of alkyl halides is 4. The number of amides is 3. The van der Waals surface area contributed by atoms with Crippen LogP contribution < -0.4 is 15.4 Å². The van der Waals surface area contributed by atoms with E-state index in [0.29, 0.717) is 0 Å². The minimum absolute atomic E-state index is 0.0271. The van der Waals surface area contributed by atoms with Crippen molar-refractivity contribution in [2.75, 3.05) is 5.32 Å². The fourth-order valence-corrected chi connectivity index (χ4v) is 1.20. The van der Waals surface area contributed by atoms with Crippen molar-refractivity contribution < 1.29 is 27.5 Å². The lowest BCUT2D eigenvalue weighted by atomic mass is 10.3. The van der Waals surface area contributed by atoms with Gasteiger partial charge in [0.25, 0.3) is 0 Å². The Bertz CT molecular complexity index is 506. The Labute approximate surface area is 117 Å². The molecular weight excluding hydrogens is 301 g/mol. The lowest BCUT2D eigenvalue weighted by Gasteiger charge is -2.11. The van der Waals surface area contributed by atoms with Crippen molar-refractivity contribution in [3.63, 3.8) is 0 Å². The molecule has 20 heavy (non-hydrogen) atoms. The standard InChI is InChI=1S/C11H10ClF3N2O3/c1-6(12)9(18)17-10(19)16-7-3-2-4-8(5-7)20-11(13,14)15/h2-6H,1H3,(H2,16,17,18,19). The van der Waals surface area contributed by atoms with Gasteiger partial charge in [0.1, 0.15) is 11.1 Å². The maximum Gasteiger partial charge on any atom is 0.573 e. The highest BCUT2D eigenvalue weighted by Gasteiger charge is 2.31. The summed E-state index contributed by atoms with van der Waals surface area (Å²) >= 11 is 5.44. The van der Waals surface area contributed by atoms with Gasteiger partial charge in [0.05, 0.1) is 0 Å². The third kappa shape index (κ3) is 5.79. The summed E-state index contributed by atoms with van der Waals surface area (Å²) in [5.41, 5.74) is 0.0271. The van der Waals surface area contributed by atoms with E-state index in [-0.39, 0.29) is 5.69 Å². The van der Waals surface area contributed by atoms with E-state index in [0.717, 1.165) is 12.1 Å². The number of ether oxygens (including phenoxy) is 1. The van der Waals surface area contributed by atoms with Crippen LogP contribution >= 0.6 is 11.6 Å². The second-order valence-electron chi connectivity index (χ2n) is 3.64. The van der Waals surface area contributed by atoms with Crippen molar-refractivity contribution in [3.05, 3.63) is 24.3 Å². The van der Waals surface area contributed by atoms with E-state index >= 15 is 0 Å². The Morgan fingerprint density at radius 2 is 2.00 bits per heavy atom. The Balaban J connectivity index is 2.67. The van der Waals surface area contributed by atoms with E-state index in [2.05, 4.69) is 10.1 Å². The SMILES string of the molecule is CC(Cl)C(=O)NC(=O)Nc1cccc(OC(F)(F)F)c1. The number of hydrogen-bond acceptors (Lipinski definition) is 3. The van der Waals surface area contributed by atoms with Gasteiger partial charge in [-0.15, -0.1) is 24.8 Å². The molecule has 0 aliphatic rings. The first kappa shape index (κ1) is 16.1. The Morgan fingerprint density at radius 1 is 1.35 bits per heavy atom. The first-order chi connectivity index (χ1) is 9.17. The van der Waals surface area contributed by atoms with Crippen molar-refractivity contribution in [3.8, 4) is 5.75 Å². The molecule has 1 aromatic rings. The van der Waals surface area contributed by atoms with E-state index in [9.17, 15) is 22.8 Å². The molecule has 0 aliphatic carbocycles. The molecule has 5 nitrogen and oxygen atoms in total. The zero-order chi connectivity index (χ0) is 15.3. The predicted molar refractivity (Wildman–Crippen MR) is 65.6 cm³/mol. The number of benzene rings is 1. The van der Waals surface area contributed by atoms with E-state index < -0.39 is 29.4 Å². The number of carbonyl (C=O) groups is 2. The van der Waals surface area contributed by atoms with Crippen molar-refractivity contribution >= 4 is 29.2 Å². The van der Waals surface area contributed by atoms with Gasteiger partial charge in [0.2, 0.25) is 5.91 Å². The summed E-state index contributed by atoms with van der Waals surface area (Å²) in [5.74, 6) is -1.22. The summed E-state index contributed by atoms with van der Waals surface area (Å²) in [5, 5.41) is 3.17. The summed E-state index contributed by atoms with van der Waals surface area (Å²) in [6.45, 7) is 1.36. The van der Waals surface area contributed by atoms with E-state index in [1.54, 1.807) is 0 Å². The van der Waals surface area contributed by atoms with Gasteiger partial charge in [-0.1, -0.05) is 6.07 Å². The highest BCUT2D eigenvalue weighted by Crippen LogP contribution is 2.24. The van der Waals surface area contributed by atoms with Crippen LogP contribution in [0, 0.1) is 0 Å². The molecule has 0 radical (unpaired) electrons. The van der Waals surface area contributed by atoms with Crippen LogP contribution in [0.2, 0.25) is 0 Å². The summed E-state index contributed by atoms with van der Waals surface area (Å²) in [6, 6.07) is 3.70. The number of rotatable bonds is 3. The van der Waals surface area contributed by atoms with E-state index in [4.69, 9.17) is 11.6 Å². The van der Waals surface area contributed by atoms with Crippen molar-refractivity contribution in [1.29, 1.82) is 0 Å². The zero-order valence-corrected chi connectivity index (χ0v) is 10.9. The van der Waals surface area contributed by atoms with E-state index in [1.165, 1.54) is 19.1 Å². The molecule has 0 aromatic heterocycles. The first-order valence-electron chi connectivity index (χ1n) is 5.29. The second kappa shape index (κ2) is 6.47. The zero-order valence-electron chi connectivity index (χ0n) is 10.1. The molecule has 9 heteroatoms. The maximum absolute atomic E-state index is 12.0. The molecular formula is C11H10ClF3N2O3. The van der Waals surface area contributed by atoms with Gasteiger partial charge in [-0.2, -0.15) is 0 Å². The molecule has 0 fully saturated rings. The van der Waals surface area contributed by atoms with Crippen LogP contribution in [-0.4, -0.2) is 23.7 Å². The summed E-state index contributed by atoms with van der Waals surface area (Å²) in [6.07, 6.45) is -4.83. The molecule has 0 saturated carbocycles. The van der Waals surface area contributed by atoms with Crippen LogP contribution in [0.1, 0.15) is 6.92 Å². The van der Waals surface area contributed by atoms with Crippen LogP contribution in [0.25, 0.3) is 0 Å². The van der Waals surface area contributed by atoms with Crippen molar-refractivity contribution in [1.82, 2.24) is 5.32 Å². The quantitative estimate of drug-likeness (QED) is 0.844. The molecule has 1 unspecified atom stereocenters. The molecule has 3 amide bonds. The molecule has 1 aromatic carbocycles. The van der Waals surface area contributed by atoms with Gasteiger partial charge in [-0.3, -0.25) is 10.1 Å². The van der Waals surface area contributed by atoms with Crippen molar-refractivity contribution in [2.45, 2.75) is 18.7 Å². The normalized spacial score (nSPS) is 12.4. The molecule has 0 heterocycles. The Hall–Kier alpha value is -1.96. The average molecular weight is 311 g/mol. The summed E-state index contributed by atoms with van der Waals surface area (Å²) in [4.78, 5) is 22.5. The van der Waals surface area contributed by atoms with E-state index in [1.807, 2.05) is 5.32 Å². The topological polar surface area (TPSA) is 67.4 Å². The van der Waals surface area contributed by atoms with Crippen LogP contribution in [0.4, 0.5) is 23.7 Å². The number of imide groups is 1. The molecule has 0 saturated heterocycles. The summed E-state index contributed by atoms with van der Waals surface area (Å²) < 4.78 is 39.7. The monoisotopic (exact) mass is 310 g/mol. The third-order valence-electron chi connectivity index (χ3n) is 1.92. The van der Waals surface area contributed by atoms with Gasteiger partial charge < -0.3 is 10.1 Å². The minimum Gasteiger partial charge on any atom is -0.406 e. The fraction of sp³-hybridized carbons (Fsp3) is 0.273. The van der Waals surface area contributed by atoms with Gasteiger partial charge >= 0.3 is 12.4 Å². The smallest absolute Gasteiger partial charge is 0.406 e. The van der Waals surface area contributed by atoms with Crippen LogP contribution in [0.5, 0.6) is 5.75 Å². The van der Waals surface area contributed by atoms with Gasteiger partial charge in [-0.25, -0.2) is 4.79 Å². The van der Waals surface area contributed by atoms with Crippen LogP contribution in [-0.2, 0) is 4.79 Å². The molecule has 1 atom stereocenters. The number of nitrogens with one attached hydrogen (secondary N) is 2. The second-order valence-corrected chi connectivity index (χ2v) is 4.29. The maximum atomic E-state index is 12.0. The van der Waals surface area contributed by atoms with Gasteiger partial charge in [0.15, 0.2) is 0 Å². The third-order valence-corrected chi connectivity index (χ3v) is 2.12. The summed E-state index contributed by atoms with van der Waals surface area (Å²) in [7, 11) is 0. The Morgan fingerprint density at radius 3 is 2.55 bits per heavy atom. The number of hydrogen-bond donors (Lipinski definition) is 2. The average Bonchev–Trinajstić information content (AvgIpc) is 2.26. The number of halogens is 4. The highest BCUT2D eigenvalue weighted by atomic mass is 35.5. The number of anilines is 1. The molecule has 0 aliphatic heterocycles. The molecule has 0 bridgehead atoms. The lowest BCUT2D eigenvalue weighted by Crippen LogP contribution is -2.38. The fourth-order valence-electron chi connectivity index (χ4n) is 1.14. The number of carbonyl (C=O) groups excluding carboxylic acids is 2. The Kier molecular flexibility index (Phi) is 5.20. The molecule has 110 valence electrons. The van der Waals surface area contributed by atoms with Crippen LogP contribution in [0.3, 0.4) is 0 Å². The predicted octanol–water partition coefficient (Wildman–Crippen LogP) is 2.86. The highest BCUT2D eigenvalue weighted by molar-refractivity contribution is 6.31.